The van der Waals surface area contributed by atoms with Crippen molar-refractivity contribution in [1.29, 1.82) is 0 Å². The second-order valence-electron chi connectivity index (χ2n) is 4.24. The molecule has 0 radical (unpaired) electrons. The van der Waals surface area contributed by atoms with Crippen molar-refractivity contribution in [2.45, 2.75) is 26.1 Å². The predicted molar refractivity (Wildman–Crippen MR) is 72.9 cm³/mol. The van der Waals surface area contributed by atoms with Gasteiger partial charge in [0, 0.05) is 12.2 Å². The van der Waals surface area contributed by atoms with E-state index in [4.69, 9.17) is 4.55 Å². The molecule has 21 heavy (non-hydrogen) atoms. The number of hydrogen-bond donors (Lipinski definition) is 2. The van der Waals surface area contributed by atoms with Crippen LogP contribution >= 0.6 is 0 Å². The highest BCUT2D eigenvalue weighted by atomic mass is 32.2. The minimum Gasteiger partial charge on any atom is -0.306 e. The lowest BCUT2D eigenvalue weighted by molar-refractivity contribution is -0.126. The zero-order valence-electron chi connectivity index (χ0n) is 11.2. The van der Waals surface area contributed by atoms with Gasteiger partial charge in [0.1, 0.15) is 6.54 Å². The monoisotopic (exact) mass is 324 g/mol. The van der Waals surface area contributed by atoms with Gasteiger partial charge in [-0.15, -0.1) is 0 Å². The smallest absolute Gasteiger partial charge is 0.306 e. The Balaban J connectivity index is 3.01. The zero-order valence-corrected chi connectivity index (χ0v) is 12.0. The number of aryl methyl sites for hydroxylation is 1. The first kappa shape index (κ1) is 17.6. The highest BCUT2D eigenvalue weighted by Crippen LogP contribution is 2.25. The van der Waals surface area contributed by atoms with Crippen molar-refractivity contribution in [3.05, 3.63) is 29.3 Å². The summed E-state index contributed by atoms with van der Waals surface area (Å²) in [6.07, 6.45) is -3.92. The summed E-state index contributed by atoms with van der Waals surface area (Å²) in [5.74, 6) is 0. The second kappa shape index (κ2) is 7.53. The molecule has 118 valence electrons. The van der Waals surface area contributed by atoms with Crippen LogP contribution in [0.1, 0.15) is 18.1 Å². The van der Waals surface area contributed by atoms with Crippen LogP contribution in [0.15, 0.2) is 18.2 Å². The van der Waals surface area contributed by atoms with Crippen LogP contribution in [0.2, 0.25) is 0 Å². The van der Waals surface area contributed by atoms with Crippen molar-refractivity contribution in [2.24, 2.45) is 0 Å². The van der Waals surface area contributed by atoms with E-state index in [2.05, 4.69) is 4.72 Å². The second-order valence-corrected chi connectivity index (χ2v) is 5.02. The van der Waals surface area contributed by atoms with Crippen molar-refractivity contribution in [3.63, 3.8) is 0 Å². The van der Waals surface area contributed by atoms with Crippen LogP contribution in [0.4, 0.5) is 18.9 Å². The zero-order chi connectivity index (χ0) is 16.0. The molecular weight excluding hydrogens is 309 g/mol. The molecule has 0 aliphatic rings. The highest BCUT2D eigenvalue weighted by Gasteiger charge is 2.31. The van der Waals surface area contributed by atoms with Crippen LogP contribution in [0.5, 0.6) is 0 Å². The average molecular weight is 324 g/mol. The lowest BCUT2D eigenvalue weighted by Gasteiger charge is -2.22. The standard InChI is InChI=1S/C12H15F3N2O3S/c1-2-10-5-9(6-16-21(19)20)3-4-11(10)17(8-18)7-12(13,14)15/h3-5,8,16H,2,6-7H2,1H3,(H,19,20). The number of carbonyl (C=O) groups excluding carboxylic acids is 1. The molecule has 1 amide bonds. The molecule has 1 aromatic rings. The van der Waals surface area contributed by atoms with Crippen molar-refractivity contribution >= 4 is 23.4 Å². The Morgan fingerprint density at radius 2 is 2.10 bits per heavy atom. The summed E-state index contributed by atoms with van der Waals surface area (Å²) in [4.78, 5) is 11.5. The third kappa shape index (κ3) is 5.82. The van der Waals surface area contributed by atoms with Gasteiger partial charge >= 0.3 is 6.18 Å². The van der Waals surface area contributed by atoms with Gasteiger partial charge in [-0.2, -0.15) is 13.2 Å². The van der Waals surface area contributed by atoms with Crippen molar-refractivity contribution in [2.75, 3.05) is 11.4 Å². The van der Waals surface area contributed by atoms with E-state index < -0.39 is 24.0 Å². The van der Waals surface area contributed by atoms with Gasteiger partial charge in [0.15, 0.2) is 0 Å². The molecule has 1 aromatic carbocycles. The van der Waals surface area contributed by atoms with E-state index in [0.29, 0.717) is 22.4 Å². The first-order valence-corrected chi connectivity index (χ1v) is 7.12. The molecule has 0 fully saturated rings. The number of amides is 1. The summed E-state index contributed by atoms with van der Waals surface area (Å²) in [6, 6.07) is 4.50. The molecule has 1 unspecified atom stereocenters. The first-order valence-electron chi connectivity index (χ1n) is 6.01. The van der Waals surface area contributed by atoms with E-state index in [1.807, 2.05) is 0 Å². The fraction of sp³-hybridized carbons (Fsp3) is 0.417. The summed E-state index contributed by atoms with van der Waals surface area (Å²) in [5.41, 5.74) is 1.36. The number of nitrogens with one attached hydrogen (secondary N) is 1. The maximum atomic E-state index is 12.4. The molecule has 0 spiro atoms. The third-order valence-corrected chi connectivity index (χ3v) is 3.10. The summed E-state index contributed by atoms with van der Waals surface area (Å²) in [5, 5.41) is 0. The SMILES string of the molecule is CCc1cc(CNS(=O)O)ccc1N(C=O)CC(F)(F)F. The minimum atomic E-state index is -4.49. The fourth-order valence-electron chi connectivity index (χ4n) is 1.83. The normalized spacial score (nSPS) is 13.0. The van der Waals surface area contributed by atoms with Gasteiger partial charge in [-0.1, -0.05) is 19.1 Å². The molecule has 5 nitrogen and oxygen atoms in total. The van der Waals surface area contributed by atoms with Gasteiger partial charge in [-0.25, -0.2) is 8.93 Å². The Labute approximate surface area is 122 Å². The van der Waals surface area contributed by atoms with E-state index in [1.54, 1.807) is 13.0 Å². The van der Waals surface area contributed by atoms with Crippen LogP contribution in [-0.4, -0.2) is 27.9 Å². The van der Waals surface area contributed by atoms with E-state index >= 15 is 0 Å². The molecular formula is C12H15F3N2O3S. The van der Waals surface area contributed by atoms with Gasteiger partial charge in [0.25, 0.3) is 0 Å². The van der Waals surface area contributed by atoms with Gasteiger partial charge in [0.2, 0.25) is 17.7 Å². The number of rotatable bonds is 7. The molecule has 0 saturated carbocycles. The molecule has 0 saturated heterocycles. The number of nitrogens with zero attached hydrogens (tertiary/aromatic N) is 1. The van der Waals surface area contributed by atoms with Gasteiger partial charge in [0.05, 0.1) is 0 Å². The number of alkyl halides is 3. The highest BCUT2D eigenvalue weighted by molar-refractivity contribution is 7.77. The Morgan fingerprint density at radius 3 is 2.57 bits per heavy atom. The maximum Gasteiger partial charge on any atom is 0.406 e. The largest absolute Gasteiger partial charge is 0.406 e. The molecule has 0 aromatic heterocycles. The van der Waals surface area contributed by atoms with Crippen molar-refractivity contribution in [3.8, 4) is 0 Å². The van der Waals surface area contributed by atoms with E-state index in [-0.39, 0.29) is 18.6 Å². The van der Waals surface area contributed by atoms with Crippen LogP contribution in [0.3, 0.4) is 0 Å². The van der Waals surface area contributed by atoms with Gasteiger partial charge in [-0.05, 0) is 23.6 Å². The van der Waals surface area contributed by atoms with Crippen LogP contribution in [-0.2, 0) is 29.0 Å². The summed E-state index contributed by atoms with van der Waals surface area (Å²) >= 11 is -2.17. The Kier molecular flexibility index (Phi) is 6.31. The number of anilines is 1. The number of halogens is 3. The molecule has 1 rings (SSSR count). The summed E-state index contributed by atoms with van der Waals surface area (Å²) in [7, 11) is 0. The minimum absolute atomic E-state index is 0.0940. The van der Waals surface area contributed by atoms with E-state index in [0.717, 1.165) is 0 Å². The first-order chi connectivity index (χ1) is 9.76. The molecule has 0 bridgehead atoms. The third-order valence-electron chi connectivity index (χ3n) is 2.71. The Bertz CT molecular complexity index is 523. The lowest BCUT2D eigenvalue weighted by atomic mass is 10.1. The predicted octanol–water partition coefficient (Wildman–Crippen LogP) is 2.00. The molecule has 9 heteroatoms. The van der Waals surface area contributed by atoms with Gasteiger partial charge in [-0.3, -0.25) is 9.35 Å². The van der Waals surface area contributed by atoms with Crippen molar-refractivity contribution < 1.29 is 26.7 Å². The number of hydrogen-bond acceptors (Lipinski definition) is 2. The quantitative estimate of drug-likeness (QED) is 0.595. The molecule has 0 aliphatic heterocycles. The Hall–Kier alpha value is -1.45. The number of benzene rings is 1. The average Bonchev–Trinajstić information content (AvgIpc) is 2.41. The molecule has 1 atom stereocenters. The van der Waals surface area contributed by atoms with Crippen LogP contribution in [0, 0.1) is 0 Å². The fourth-order valence-corrected chi connectivity index (χ4v) is 2.12. The number of carbonyl (C=O) groups is 1. The summed E-state index contributed by atoms with van der Waals surface area (Å²) < 4.78 is 58.7. The Morgan fingerprint density at radius 1 is 1.43 bits per heavy atom. The van der Waals surface area contributed by atoms with Crippen LogP contribution in [0.25, 0.3) is 0 Å². The van der Waals surface area contributed by atoms with Gasteiger partial charge < -0.3 is 4.90 Å². The summed E-state index contributed by atoms with van der Waals surface area (Å²) in [6.45, 7) is 0.481. The lowest BCUT2D eigenvalue weighted by Crippen LogP contribution is -2.33. The van der Waals surface area contributed by atoms with E-state index in [9.17, 15) is 22.2 Å². The van der Waals surface area contributed by atoms with Crippen LogP contribution < -0.4 is 9.62 Å². The molecule has 2 N–H and O–H groups in total. The molecule has 0 aliphatic carbocycles. The maximum absolute atomic E-state index is 12.4. The topological polar surface area (TPSA) is 69.6 Å². The van der Waals surface area contributed by atoms with E-state index in [1.165, 1.54) is 12.1 Å². The molecule has 0 heterocycles. The van der Waals surface area contributed by atoms with Crippen molar-refractivity contribution in [1.82, 2.24) is 4.72 Å².